The minimum atomic E-state index is -3.78. The molecular formula is C23H23FN6O4S2. The smallest absolute Gasteiger partial charge is 0.238 e. The Balaban J connectivity index is 1.64. The van der Waals surface area contributed by atoms with Crippen molar-refractivity contribution in [1.82, 2.24) is 15.0 Å². The van der Waals surface area contributed by atoms with E-state index in [4.69, 9.17) is 5.14 Å². The summed E-state index contributed by atoms with van der Waals surface area (Å²) >= 11 is 0. The molecule has 13 heteroatoms. The van der Waals surface area contributed by atoms with E-state index < -0.39 is 19.9 Å². The van der Waals surface area contributed by atoms with Crippen molar-refractivity contribution in [3.05, 3.63) is 72.0 Å². The molecule has 0 radical (unpaired) electrons. The van der Waals surface area contributed by atoms with Crippen molar-refractivity contribution in [1.29, 1.82) is 0 Å². The van der Waals surface area contributed by atoms with Crippen molar-refractivity contribution in [2.75, 3.05) is 29.2 Å². The average molecular weight is 531 g/mol. The zero-order chi connectivity index (χ0) is 25.9. The van der Waals surface area contributed by atoms with Crippen LogP contribution in [-0.4, -0.2) is 50.3 Å². The Bertz CT molecular complexity index is 1610. The predicted octanol–water partition coefficient (Wildman–Crippen LogP) is 2.55. The van der Waals surface area contributed by atoms with E-state index in [-0.39, 0.29) is 29.0 Å². The van der Waals surface area contributed by atoms with Gasteiger partial charge in [0.1, 0.15) is 21.2 Å². The van der Waals surface area contributed by atoms with Crippen LogP contribution in [0, 0.1) is 5.82 Å². The Morgan fingerprint density at radius 3 is 2.19 bits per heavy atom. The quantitative estimate of drug-likeness (QED) is 0.296. The molecule has 2 heterocycles. The molecule has 188 valence electrons. The van der Waals surface area contributed by atoms with Crippen LogP contribution in [0.2, 0.25) is 0 Å². The Hall–Kier alpha value is -3.68. The first-order chi connectivity index (χ1) is 17.0. The predicted molar refractivity (Wildman–Crippen MR) is 136 cm³/mol. The van der Waals surface area contributed by atoms with Gasteiger partial charge in [0.15, 0.2) is 5.82 Å². The fourth-order valence-corrected chi connectivity index (χ4v) is 4.32. The van der Waals surface area contributed by atoms with Crippen LogP contribution in [0.15, 0.2) is 65.6 Å². The van der Waals surface area contributed by atoms with Crippen molar-refractivity contribution < 1.29 is 21.2 Å². The van der Waals surface area contributed by atoms with Crippen LogP contribution in [0.25, 0.3) is 22.3 Å². The number of anilines is 2. The number of nitrogens with one attached hydrogen (secondary N) is 2. The molecule has 2 aromatic carbocycles. The first-order valence-electron chi connectivity index (χ1n) is 10.7. The molecular weight excluding hydrogens is 507 g/mol. The molecule has 4 N–H and O–H groups in total. The maximum Gasteiger partial charge on any atom is 0.238 e. The van der Waals surface area contributed by atoms with Gasteiger partial charge in [0.2, 0.25) is 16.0 Å². The normalized spacial score (nSPS) is 12.0. The van der Waals surface area contributed by atoms with E-state index in [0.29, 0.717) is 34.7 Å². The monoisotopic (exact) mass is 530 g/mol. The molecule has 0 aliphatic carbocycles. The second-order valence-corrected chi connectivity index (χ2v) is 11.9. The van der Waals surface area contributed by atoms with Gasteiger partial charge in [-0.1, -0.05) is 12.1 Å². The molecule has 36 heavy (non-hydrogen) atoms. The first-order valence-corrected chi connectivity index (χ1v) is 14.3. The molecule has 2 aromatic heterocycles. The molecule has 0 saturated heterocycles. The Labute approximate surface area is 207 Å². The van der Waals surface area contributed by atoms with Gasteiger partial charge in [-0.05, 0) is 54.1 Å². The lowest BCUT2D eigenvalue weighted by Crippen LogP contribution is -2.16. The second kappa shape index (κ2) is 10.1. The summed E-state index contributed by atoms with van der Waals surface area (Å²) in [5.41, 5.74) is 2.97. The van der Waals surface area contributed by atoms with Gasteiger partial charge in [-0.2, -0.15) is 4.98 Å². The lowest BCUT2D eigenvalue weighted by molar-refractivity contribution is 0.597. The number of hydrogen-bond donors (Lipinski definition) is 3. The van der Waals surface area contributed by atoms with Gasteiger partial charge < -0.3 is 10.6 Å². The number of aromatic nitrogens is 3. The van der Waals surface area contributed by atoms with Crippen molar-refractivity contribution in [3.63, 3.8) is 0 Å². The number of nitrogens with two attached hydrogens (primary N) is 1. The van der Waals surface area contributed by atoms with Gasteiger partial charge in [0.25, 0.3) is 0 Å². The molecule has 0 aliphatic rings. The maximum absolute atomic E-state index is 13.3. The molecule has 0 spiro atoms. The number of fused-ring (bicyclic) bond motifs is 1. The molecule has 4 aromatic rings. The largest absolute Gasteiger partial charge is 0.367 e. The summed E-state index contributed by atoms with van der Waals surface area (Å²) in [7, 11) is -6.99. The Kier molecular flexibility index (Phi) is 7.15. The molecule has 0 aliphatic heterocycles. The molecule has 0 bridgehead atoms. The van der Waals surface area contributed by atoms with E-state index in [9.17, 15) is 21.2 Å². The van der Waals surface area contributed by atoms with E-state index in [1.54, 1.807) is 36.4 Å². The number of sulfone groups is 1. The Morgan fingerprint density at radius 1 is 0.861 bits per heavy atom. The third-order valence-corrected chi connectivity index (χ3v) is 7.03. The highest BCUT2D eigenvalue weighted by Gasteiger charge is 2.13. The molecule has 10 nitrogen and oxygen atoms in total. The highest BCUT2D eigenvalue weighted by Crippen LogP contribution is 2.25. The van der Waals surface area contributed by atoms with Gasteiger partial charge in [0.05, 0.1) is 21.9 Å². The van der Waals surface area contributed by atoms with Crippen molar-refractivity contribution in [2.24, 2.45) is 5.14 Å². The van der Waals surface area contributed by atoms with Gasteiger partial charge in [-0.25, -0.2) is 36.3 Å². The highest BCUT2D eigenvalue weighted by atomic mass is 32.2. The second-order valence-electron chi connectivity index (χ2n) is 8.07. The van der Waals surface area contributed by atoms with E-state index in [1.807, 2.05) is 0 Å². The fourth-order valence-electron chi connectivity index (χ4n) is 3.33. The minimum absolute atomic E-state index is 0.00796. The highest BCUT2D eigenvalue weighted by molar-refractivity contribution is 7.90. The maximum atomic E-state index is 13.3. The van der Waals surface area contributed by atoms with Crippen molar-refractivity contribution in [2.45, 2.75) is 11.4 Å². The molecule has 0 amide bonds. The van der Waals surface area contributed by atoms with E-state index in [0.717, 1.165) is 11.8 Å². The molecule has 0 unspecified atom stereocenters. The zero-order valence-electron chi connectivity index (χ0n) is 19.1. The first kappa shape index (κ1) is 25.4. The zero-order valence-corrected chi connectivity index (χ0v) is 20.8. The van der Waals surface area contributed by atoms with Crippen LogP contribution in [0.1, 0.15) is 5.56 Å². The fraction of sp³-hybridized carbons (Fsp3) is 0.174. The van der Waals surface area contributed by atoms with Crippen molar-refractivity contribution in [3.8, 4) is 11.3 Å². The molecule has 0 saturated carbocycles. The number of primary sulfonamides is 1. The number of benzene rings is 2. The number of rotatable bonds is 9. The number of nitrogens with zero attached hydrogens (tertiary/aromatic N) is 3. The summed E-state index contributed by atoms with van der Waals surface area (Å²) in [6.45, 7) is 0.405. The number of pyridine rings is 1. The van der Waals surface area contributed by atoms with Gasteiger partial charge in [-0.15, -0.1) is 0 Å². The van der Waals surface area contributed by atoms with E-state index in [1.165, 1.54) is 24.3 Å². The average Bonchev–Trinajstić information content (AvgIpc) is 2.82. The molecule has 4 rings (SSSR count). The van der Waals surface area contributed by atoms with Crippen LogP contribution in [0.5, 0.6) is 0 Å². The minimum Gasteiger partial charge on any atom is -0.367 e. The van der Waals surface area contributed by atoms with Crippen molar-refractivity contribution >= 4 is 42.7 Å². The topological polar surface area (TPSA) is 157 Å². The van der Waals surface area contributed by atoms with Crippen LogP contribution in [0.3, 0.4) is 0 Å². The summed E-state index contributed by atoms with van der Waals surface area (Å²) in [4.78, 5) is 13.6. The Morgan fingerprint density at radius 2 is 1.56 bits per heavy atom. The third kappa shape index (κ3) is 6.50. The summed E-state index contributed by atoms with van der Waals surface area (Å²) in [5, 5.41) is 11.2. The molecule has 0 fully saturated rings. The van der Waals surface area contributed by atoms with Crippen LogP contribution >= 0.6 is 0 Å². The summed E-state index contributed by atoms with van der Waals surface area (Å²) < 4.78 is 59.4. The third-order valence-electron chi connectivity index (χ3n) is 5.15. The number of sulfonamides is 1. The lowest BCUT2D eigenvalue weighted by Gasteiger charge is -2.12. The van der Waals surface area contributed by atoms with Crippen LogP contribution in [-0.2, 0) is 26.4 Å². The SMILES string of the molecule is CS(=O)(=O)CCNc1nc(NCc2ccc(S(N)(=O)=O)cc2)nc2ccc(-c3ccc(F)cc3)nc12. The van der Waals surface area contributed by atoms with Crippen LogP contribution < -0.4 is 15.8 Å². The summed E-state index contributed by atoms with van der Waals surface area (Å²) in [5.74, 6) is 0.131. The lowest BCUT2D eigenvalue weighted by atomic mass is 10.1. The standard InChI is InChI=1S/C23H23FN6O4S2/c1-35(31,32)13-12-26-22-21-20(11-10-19(28-21)16-4-6-17(24)7-5-16)29-23(30-22)27-14-15-2-8-18(9-3-15)36(25,33)34/h2-11H,12-14H2,1H3,(H2,25,33,34)(H2,26,27,29,30). The summed E-state index contributed by atoms with van der Waals surface area (Å²) in [6, 6.07) is 15.5. The molecule has 0 atom stereocenters. The van der Waals surface area contributed by atoms with Gasteiger partial charge in [-0.3, -0.25) is 0 Å². The van der Waals surface area contributed by atoms with Gasteiger partial charge in [0, 0.05) is 24.9 Å². The number of hydrogen-bond acceptors (Lipinski definition) is 9. The van der Waals surface area contributed by atoms with E-state index in [2.05, 4.69) is 25.6 Å². The van der Waals surface area contributed by atoms with Gasteiger partial charge >= 0.3 is 0 Å². The van der Waals surface area contributed by atoms with E-state index >= 15 is 0 Å². The number of halogens is 1. The summed E-state index contributed by atoms with van der Waals surface area (Å²) in [6.07, 6.45) is 1.14. The van der Waals surface area contributed by atoms with Crippen LogP contribution in [0.4, 0.5) is 16.2 Å².